The molecule has 0 amide bonds. The third kappa shape index (κ3) is 3.56. The smallest absolute Gasteiger partial charge is 0.272 e. The molecule has 4 nitrogen and oxygen atoms in total. The van der Waals surface area contributed by atoms with Crippen molar-refractivity contribution in [2.75, 3.05) is 12.4 Å². The lowest BCUT2D eigenvalue weighted by molar-refractivity contribution is -0.385. The first-order valence-corrected chi connectivity index (χ1v) is 7.17. The van der Waals surface area contributed by atoms with Crippen molar-refractivity contribution in [3.8, 4) is 0 Å². The summed E-state index contributed by atoms with van der Waals surface area (Å²) in [5.74, 6) is 0. The van der Waals surface area contributed by atoms with Crippen LogP contribution in [0.25, 0.3) is 0 Å². The molecule has 0 aliphatic heterocycles. The Bertz CT molecular complexity index is 665. The maximum Gasteiger partial charge on any atom is 0.272 e. The quantitative estimate of drug-likeness (QED) is 0.627. The molecule has 0 radical (unpaired) electrons. The van der Waals surface area contributed by atoms with Gasteiger partial charge >= 0.3 is 0 Å². The third-order valence-corrected chi connectivity index (χ3v) is 4.22. The van der Waals surface area contributed by atoms with Crippen molar-refractivity contribution >= 4 is 46.3 Å². The molecule has 0 aliphatic carbocycles. The van der Waals surface area contributed by atoms with Crippen LogP contribution in [-0.2, 0) is 0 Å². The van der Waals surface area contributed by atoms with Gasteiger partial charge in [-0.2, -0.15) is 0 Å². The summed E-state index contributed by atoms with van der Waals surface area (Å²) >= 11 is 13.4. The molecule has 0 fully saturated rings. The summed E-state index contributed by atoms with van der Waals surface area (Å²) < 4.78 is 0. The molecule has 2 rings (SSSR count). The molecule has 0 aromatic heterocycles. The maximum atomic E-state index is 10.9. The Balaban J connectivity index is 2.39. The molecular formula is C13H10Cl2N2O2S. The van der Waals surface area contributed by atoms with Gasteiger partial charge in [0.05, 0.1) is 9.95 Å². The fourth-order valence-electron chi connectivity index (χ4n) is 1.57. The van der Waals surface area contributed by atoms with Crippen LogP contribution < -0.4 is 5.32 Å². The van der Waals surface area contributed by atoms with Crippen molar-refractivity contribution in [3.63, 3.8) is 0 Å². The lowest BCUT2D eigenvalue weighted by atomic mass is 10.3. The van der Waals surface area contributed by atoms with Gasteiger partial charge in [-0.3, -0.25) is 10.1 Å². The van der Waals surface area contributed by atoms with Crippen LogP contribution in [0.2, 0.25) is 10.0 Å². The first-order chi connectivity index (χ1) is 9.49. The minimum Gasteiger partial charge on any atom is -0.388 e. The normalized spacial score (nSPS) is 10.3. The number of hydrogen-bond donors (Lipinski definition) is 1. The van der Waals surface area contributed by atoms with E-state index in [1.807, 2.05) is 6.07 Å². The molecule has 7 heteroatoms. The highest BCUT2D eigenvalue weighted by molar-refractivity contribution is 7.99. The zero-order valence-electron chi connectivity index (χ0n) is 10.4. The molecule has 20 heavy (non-hydrogen) atoms. The Morgan fingerprint density at radius 3 is 2.60 bits per heavy atom. The number of benzene rings is 2. The number of rotatable bonds is 4. The first kappa shape index (κ1) is 15.0. The minimum absolute atomic E-state index is 0.0255. The summed E-state index contributed by atoms with van der Waals surface area (Å²) in [7, 11) is 1.71. The number of hydrogen-bond acceptors (Lipinski definition) is 4. The summed E-state index contributed by atoms with van der Waals surface area (Å²) in [5, 5.41) is 14.9. The molecule has 104 valence electrons. The van der Waals surface area contributed by atoms with Crippen molar-refractivity contribution in [3.05, 3.63) is 56.6 Å². The van der Waals surface area contributed by atoms with Gasteiger partial charge in [-0.1, -0.05) is 35.0 Å². The molecule has 0 unspecified atom stereocenters. The van der Waals surface area contributed by atoms with E-state index in [0.29, 0.717) is 20.6 Å². The number of nitro groups is 1. The minimum atomic E-state index is -0.426. The molecule has 0 saturated carbocycles. The van der Waals surface area contributed by atoms with Crippen molar-refractivity contribution in [2.24, 2.45) is 0 Å². The van der Waals surface area contributed by atoms with Crippen LogP contribution in [0, 0.1) is 10.1 Å². The molecule has 1 N–H and O–H groups in total. The van der Waals surface area contributed by atoms with Gasteiger partial charge in [-0.15, -0.1) is 0 Å². The highest BCUT2D eigenvalue weighted by atomic mass is 35.5. The molecule has 0 spiro atoms. The van der Waals surface area contributed by atoms with Gasteiger partial charge in [0.2, 0.25) is 0 Å². The Labute approximate surface area is 130 Å². The van der Waals surface area contributed by atoms with Gasteiger partial charge in [0.15, 0.2) is 0 Å². The van der Waals surface area contributed by atoms with Crippen LogP contribution in [-0.4, -0.2) is 12.0 Å². The highest BCUT2D eigenvalue weighted by Crippen LogP contribution is 2.37. The largest absolute Gasteiger partial charge is 0.388 e. The van der Waals surface area contributed by atoms with Crippen LogP contribution in [0.15, 0.2) is 46.2 Å². The molecule has 2 aromatic carbocycles. The lowest BCUT2D eigenvalue weighted by Gasteiger charge is -2.07. The van der Waals surface area contributed by atoms with Gasteiger partial charge in [-0.25, -0.2) is 0 Å². The van der Waals surface area contributed by atoms with E-state index in [1.165, 1.54) is 23.9 Å². The summed E-state index contributed by atoms with van der Waals surface area (Å²) in [5.41, 5.74) is 0.692. The van der Waals surface area contributed by atoms with E-state index < -0.39 is 4.92 Å². The molecule has 0 aliphatic rings. The average Bonchev–Trinajstić information content (AvgIpc) is 2.42. The molecule has 0 heterocycles. The monoisotopic (exact) mass is 328 g/mol. The first-order valence-electron chi connectivity index (χ1n) is 5.60. The van der Waals surface area contributed by atoms with Crippen molar-refractivity contribution in [1.82, 2.24) is 0 Å². The molecule has 0 atom stereocenters. The van der Waals surface area contributed by atoms with Gasteiger partial charge < -0.3 is 5.32 Å². The maximum absolute atomic E-state index is 10.9. The van der Waals surface area contributed by atoms with Crippen LogP contribution in [0.3, 0.4) is 0 Å². The standard InChI is InChI=1S/C13H10Cl2N2O2S/c1-16-9-5-10(17(18)19)7-11(6-9)20-13-4-8(14)2-3-12(13)15/h2-7,16H,1H3. The van der Waals surface area contributed by atoms with E-state index in [0.717, 1.165) is 4.90 Å². The van der Waals surface area contributed by atoms with E-state index in [-0.39, 0.29) is 5.69 Å². The van der Waals surface area contributed by atoms with E-state index in [9.17, 15) is 10.1 Å². The molecule has 0 saturated heterocycles. The zero-order chi connectivity index (χ0) is 14.7. The second-order valence-electron chi connectivity index (χ2n) is 3.90. The van der Waals surface area contributed by atoms with Crippen molar-refractivity contribution in [1.29, 1.82) is 0 Å². The van der Waals surface area contributed by atoms with E-state index >= 15 is 0 Å². The SMILES string of the molecule is CNc1cc(Sc2cc(Cl)ccc2Cl)cc([N+](=O)[O-])c1. The van der Waals surface area contributed by atoms with Gasteiger partial charge in [-0.05, 0) is 24.3 Å². The van der Waals surface area contributed by atoms with Gasteiger partial charge in [0.1, 0.15) is 0 Å². The summed E-state index contributed by atoms with van der Waals surface area (Å²) in [6, 6.07) is 9.91. The second-order valence-corrected chi connectivity index (χ2v) is 5.86. The average molecular weight is 329 g/mol. The third-order valence-electron chi connectivity index (χ3n) is 2.51. The van der Waals surface area contributed by atoms with E-state index in [1.54, 1.807) is 25.2 Å². The van der Waals surface area contributed by atoms with Crippen LogP contribution in [0.1, 0.15) is 0 Å². The Kier molecular flexibility index (Phi) is 4.75. The van der Waals surface area contributed by atoms with Crippen LogP contribution >= 0.6 is 35.0 Å². The summed E-state index contributed by atoms with van der Waals surface area (Å²) in [6.07, 6.45) is 0. The Hall–Kier alpha value is -1.43. The Morgan fingerprint density at radius 1 is 1.20 bits per heavy atom. The number of halogens is 2. The number of anilines is 1. The topological polar surface area (TPSA) is 55.2 Å². The van der Waals surface area contributed by atoms with Crippen LogP contribution in [0.4, 0.5) is 11.4 Å². The predicted octanol–water partition coefficient (Wildman–Crippen LogP) is 5.09. The predicted molar refractivity (Wildman–Crippen MR) is 83.2 cm³/mol. The molecule has 0 bridgehead atoms. The van der Waals surface area contributed by atoms with Crippen molar-refractivity contribution in [2.45, 2.75) is 9.79 Å². The van der Waals surface area contributed by atoms with Crippen molar-refractivity contribution < 1.29 is 4.92 Å². The van der Waals surface area contributed by atoms with Crippen LogP contribution in [0.5, 0.6) is 0 Å². The number of nitro benzene ring substituents is 1. The van der Waals surface area contributed by atoms with Gasteiger partial charge in [0, 0.05) is 39.7 Å². The fraction of sp³-hybridized carbons (Fsp3) is 0.0769. The van der Waals surface area contributed by atoms with Gasteiger partial charge in [0.25, 0.3) is 5.69 Å². The number of nitrogens with zero attached hydrogens (tertiary/aromatic N) is 1. The second kappa shape index (κ2) is 6.35. The Morgan fingerprint density at radius 2 is 1.95 bits per heavy atom. The van der Waals surface area contributed by atoms with E-state index in [4.69, 9.17) is 23.2 Å². The zero-order valence-corrected chi connectivity index (χ0v) is 12.7. The molecular weight excluding hydrogens is 319 g/mol. The lowest BCUT2D eigenvalue weighted by Crippen LogP contribution is -1.93. The highest BCUT2D eigenvalue weighted by Gasteiger charge is 2.11. The number of non-ortho nitro benzene ring substituents is 1. The fourth-order valence-corrected chi connectivity index (χ4v) is 3.02. The summed E-state index contributed by atoms with van der Waals surface area (Å²) in [4.78, 5) is 12.0. The van der Waals surface area contributed by atoms with E-state index in [2.05, 4.69) is 5.32 Å². The molecule has 2 aromatic rings. The number of nitrogens with one attached hydrogen (secondary N) is 1. The summed E-state index contributed by atoms with van der Waals surface area (Å²) in [6.45, 7) is 0.